The van der Waals surface area contributed by atoms with E-state index in [1.807, 2.05) is 13.8 Å². The smallest absolute Gasteiger partial charge is 0.146 e. The van der Waals surface area contributed by atoms with E-state index in [0.29, 0.717) is 0 Å². The highest BCUT2D eigenvalue weighted by molar-refractivity contribution is 5.73. The van der Waals surface area contributed by atoms with Crippen LogP contribution in [0.5, 0.6) is 0 Å². The molecule has 0 fully saturated rings. The fraction of sp³-hybridized carbons (Fsp3) is 0.375. The number of carbonyl (C=O) groups excluding carboxylic acids is 1. The molecule has 9 heavy (non-hydrogen) atoms. The van der Waals surface area contributed by atoms with E-state index in [1.165, 1.54) is 0 Å². The lowest BCUT2D eigenvalue weighted by atomic mass is 10.1. The molecule has 0 aliphatic heterocycles. The van der Waals surface area contributed by atoms with Gasteiger partial charge in [0.2, 0.25) is 0 Å². The van der Waals surface area contributed by atoms with Gasteiger partial charge in [0.25, 0.3) is 0 Å². The Morgan fingerprint density at radius 3 is 2.33 bits per heavy atom. The van der Waals surface area contributed by atoms with Gasteiger partial charge in [0.05, 0.1) is 0 Å². The summed E-state index contributed by atoms with van der Waals surface area (Å²) >= 11 is 0. The Morgan fingerprint density at radius 2 is 2.22 bits per heavy atom. The largest absolute Gasteiger partial charge is 0.298 e. The molecule has 0 atom stereocenters. The third-order valence-corrected chi connectivity index (χ3v) is 0.991. The number of rotatable bonds is 3. The molecule has 50 valence electrons. The molecule has 0 rings (SSSR count). The number of carbonyl (C=O) groups is 1. The molecule has 0 saturated carbocycles. The van der Waals surface area contributed by atoms with Crippen LogP contribution in [0.15, 0.2) is 23.8 Å². The summed E-state index contributed by atoms with van der Waals surface area (Å²) in [5.74, 6) is 0. The molecule has 1 nitrogen and oxygen atoms in total. The molecule has 0 unspecified atom stereocenters. The van der Waals surface area contributed by atoms with Crippen LogP contribution in [0.4, 0.5) is 0 Å². The summed E-state index contributed by atoms with van der Waals surface area (Å²) in [5.41, 5.74) is 1.74. The summed E-state index contributed by atoms with van der Waals surface area (Å²) in [4.78, 5) is 10.2. The third-order valence-electron chi connectivity index (χ3n) is 0.991. The van der Waals surface area contributed by atoms with Crippen molar-refractivity contribution in [2.75, 3.05) is 0 Å². The molecule has 0 bridgehead atoms. The molecule has 0 aliphatic carbocycles. The number of aldehydes is 1. The Balaban J connectivity index is 4.07. The summed E-state index contributed by atoms with van der Waals surface area (Å²) in [6, 6.07) is 0. The first-order chi connectivity index (χ1) is 4.20. The molecule has 0 spiro atoms. The molecule has 0 heterocycles. The van der Waals surface area contributed by atoms with Gasteiger partial charge in [-0.25, -0.2) is 0 Å². The first kappa shape index (κ1) is 8.15. The molecule has 0 amide bonds. The van der Waals surface area contributed by atoms with Crippen LogP contribution in [-0.4, -0.2) is 6.29 Å². The van der Waals surface area contributed by atoms with Crippen LogP contribution in [0, 0.1) is 0 Å². The summed E-state index contributed by atoms with van der Waals surface area (Å²) in [6.07, 6.45) is 3.46. The number of hydrogen-bond donors (Lipinski definition) is 0. The third kappa shape index (κ3) is 3.71. The van der Waals surface area contributed by atoms with Crippen LogP contribution in [0.2, 0.25) is 0 Å². The van der Waals surface area contributed by atoms with Gasteiger partial charge in [0, 0.05) is 0 Å². The molecular weight excluding hydrogens is 112 g/mol. The van der Waals surface area contributed by atoms with Gasteiger partial charge in [0.15, 0.2) is 0 Å². The van der Waals surface area contributed by atoms with E-state index in [-0.39, 0.29) is 0 Å². The Kier molecular flexibility index (Phi) is 3.69. The van der Waals surface area contributed by atoms with Crippen molar-refractivity contribution < 1.29 is 4.79 Å². The minimum Gasteiger partial charge on any atom is -0.298 e. The van der Waals surface area contributed by atoms with Gasteiger partial charge < -0.3 is 0 Å². The molecule has 0 aromatic heterocycles. The molecule has 0 saturated heterocycles. The first-order valence-corrected chi connectivity index (χ1v) is 3.02. The minimum absolute atomic E-state index is 0.788. The molecular formula is C8H12O. The monoisotopic (exact) mass is 124 g/mol. The summed E-state index contributed by atoms with van der Waals surface area (Å²) in [5, 5.41) is 0. The molecule has 0 aromatic carbocycles. The van der Waals surface area contributed by atoms with E-state index in [1.54, 1.807) is 6.08 Å². The highest BCUT2D eigenvalue weighted by Crippen LogP contribution is 2.00. The molecule has 0 aliphatic rings. The van der Waals surface area contributed by atoms with Gasteiger partial charge in [-0.05, 0) is 18.9 Å². The SMILES string of the molecule is C=C(C)/C=C(\C=O)CC. The van der Waals surface area contributed by atoms with Gasteiger partial charge in [-0.3, -0.25) is 4.79 Å². The van der Waals surface area contributed by atoms with E-state index >= 15 is 0 Å². The second-order valence-corrected chi connectivity index (χ2v) is 2.04. The topological polar surface area (TPSA) is 17.1 Å². The van der Waals surface area contributed by atoms with Crippen LogP contribution >= 0.6 is 0 Å². The highest BCUT2D eigenvalue weighted by Gasteiger charge is 1.87. The second-order valence-electron chi connectivity index (χ2n) is 2.04. The summed E-state index contributed by atoms with van der Waals surface area (Å²) in [7, 11) is 0. The Bertz CT molecular complexity index is 143. The average molecular weight is 124 g/mol. The maximum absolute atomic E-state index is 10.2. The van der Waals surface area contributed by atoms with E-state index in [4.69, 9.17) is 0 Å². The lowest BCUT2D eigenvalue weighted by molar-refractivity contribution is -0.105. The van der Waals surface area contributed by atoms with Gasteiger partial charge >= 0.3 is 0 Å². The fourth-order valence-corrected chi connectivity index (χ4v) is 0.536. The zero-order chi connectivity index (χ0) is 7.28. The lowest BCUT2D eigenvalue weighted by Gasteiger charge is -1.90. The molecule has 0 N–H and O–H groups in total. The van der Waals surface area contributed by atoms with Gasteiger partial charge in [0.1, 0.15) is 6.29 Å². The van der Waals surface area contributed by atoms with Crippen LogP contribution in [0.1, 0.15) is 20.3 Å². The zero-order valence-corrected chi connectivity index (χ0v) is 5.98. The van der Waals surface area contributed by atoms with Gasteiger partial charge in [-0.1, -0.05) is 25.2 Å². The highest BCUT2D eigenvalue weighted by atomic mass is 16.1. The van der Waals surface area contributed by atoms with Gasteiger partial charge in [-0.15, -0.1) is 0 Å². The van der Waals surface area contributed by atoms with Crippen molar-refractivity contribution >= 4 is 6.29 Å². The molecule has 1 heteroatoms. The van der Waals surface area contributed by atoms with Crippen molar-refractivity contribution in [3.8, 4) is 0 Å². The van der Waals surface area contributed by atoms with Crippen LogP contribution in [-0.2, 0) is 4.79 Å². The van der Waals surface area contributed by atoms with Crippen molar-refractivity contribution in [3.05, 3.63) is 23.8 Å². The van der Waals surface area contributed by atoms with Crippen molar-refractivity contribution in [3.63, 3.8) is 0 Å². The Morgan fingerprint density at radius 1 is 1.67 bits per heavy atom. The summed E-state index contributed by atoms with van der Waals surface area (Å²) in [6.45, 7) is 7.48. The second kappa shape index (κ2) is 4.07. The lowest BCUT2D eigenvalue weighted by Crippen LogP contribution is -1.80. The van der Waals surface area contributed by atoms with Crippen molar-refractivity contribution in [1.82, 2.24) is 0 Å². The minimum atomic E-state index is 0.788. The predicted octanol–water partition coefficient (Wildman–Crippen LogP) is 2.10. The zero-order valence-electron chi connectivity index (χ0n) is 5.98. The number of hydrogen-bond acceptors (Lipinski definition) is 1. The van der Waals surface area contributed by atoms with Crippen molar-refractivity contribution in [2.24, 2.45) is 0 Å². The quantitative estimate of drug-likeness (QED) is 0.320. The predicted molar refractivity (Wildman–Crippen MR) is 39.3 cm³/mol. The maximum atomic E-state index is 10.2. The number of allylic oxidation sites excluding steroid dienone is 3. The Labute approximate surface area is 56.1 Å². The first-order valence-electron chi connectivity index (χ1n) is 3.02. The molecule has 0 radical (unpaired) electrons. The van der Waals surface area contributed by atoms with Crippen LogP contribution in [0.3, 0.4) is 0 Å². The van der Waals surface area contributed by atoms with E-state index < -0.39 is 0 Å². The summed E-state index contributed by atoms with van der Waals surface area (Å²) < 4.78 is 0. The van der Waals surface area contributed by atoms with E-state index in [2.05, 4.69) is 6.58 Å². The van der Waals surface area contributed by atoms with E-state index in [0.717, 1.165) is 23.9 Å². The maximum Gasteiger partial charge on any atom is 0.146 e. The normalized spacial score (nSPS) is 11.1. The van der Waals surface area contributed by atoms with Crippen LogP contribution < -0.4 is 0 Å². The standard InChI is InChI=1S/C8H12O/c1-4-8(6-9)5-7(2)3/h5-6H,2,4H2,1,3H3/b8-5-. The average Bonchev–Trinajstić information content (AvgIpc) is 1.82. The molecule has 0 aromatic rings. The van der Waals surface area contributed by atoms with E-state index in [9.17, 15) is 4.79 Å². The van der Waals surface area contributed by atoms with Crippen molar-refractivity contribution in [2.45, 2.75) is 20.3 Å². The van der Waals surface area contributed by atoms with Crippen LogP contribution in [0.25, 0.3) is 0 Å². The van der Waals surface area contributed by atoms with Gasteiger partial charge in [-0.2, -0.15) is 0 Å². The van der Waals surface area contributed by atoms with Crippen molar-refractivity contribution in [1.29, 1.82) is 0 Å². The Hall–Kier alpha value is -0.850. The fourth-order valence-electron chi connectivity index (χ4n) is 0.536.